The number of hydrogen-bond donors (Lipinski definition) is 2. The molecular formula is C27H14N4O3. The molecule has 0 spiro atoms. The van der Waals surface area contributed by atoms with Gasteiger partial charge >= 0.3 is 0 Å². The second-order valence-electron chi connectivity index (χ2n) is 7.61. The Morgan fingerprint density at radius 3 is 1.74 bits per heavy atom. The molecule has 7 heteroatoms. The largest absolute Gasteiger partial charge is 0.508 e. The minimum atomic E-state index is -0.479. The molecular weight excluding hydrogens is 428 g/mol. The van der Waals surface area contributed by atoms with E-state index in [1.165, 1.54) is 24.3 Å². The smallest absolute Gasteiger partial charge is 0.273 e. The van der Waals surface area contributed by atoms with Gasteiger partial charge in [0, 0.05) is 40.2 Å². The van der Waals surface area contributed by atoms with Crippen LogP contribution in [0.5, 0.6) is 11.5 Å². The molecule has 0 radical (unpaired) electrons. The van der Waals surface area contributed by atoms with Gasteiger partial charge in [0.1, 0.15) is 17.2 Å². The Morgan fingerprint density at radius 1 is 0.794 bits per heavy atom. The van der Waals surface area contributed by atoms with Gasteiger partial charge in [0.2, 0.25) is 0 Å². The molecule has 0 aliphatic heterocycles. The lowest BCUT2D eigenvalue weighted by Gasteiger charge is -2.21. The summed E-state index contributed by atoms with van der Waals surface area (Å²) in [4.78, 5) is 25.9. The molecule has 1 aliphatic rings. The number of fused-ring (bicyclic) bond motifs is 3. The molecule has 0 atom stereocenters. The number of carbonyl (C=O) groups excluding carboxylic acids is 1. The van der Waals surface area contributed by atoms with Gasteiger partial charge in [-0.2, -0.15) is 0 Å². The first-order valence-electron chi connectivity index (χ1n) is 10.2. The molecule has 0 saturated carbocycles. The molecule has 0 saturated heterocycles. The first-order valence-corrected chi connectivity index (χ1v) is 10.2. The first-order chi connectivity index (χ1) is 16.5. The van der Waals surface area contributed by atoms with E-state index in [9.17, 15) is 20.3 Å². The molecule has 0 bridgehead atoms. The number of aromatic nitrogens is 2. The number of pyridine rings is 2. The van der Waals surface area contributed by atoms with Crippen LogP contribution < -0.4 is 0 Å². The van der Waals surface area contributed by atoms with E-state index in [1.807, 2.05) is 6.07 Å². The van der Waals surface area contributed by atoms with E-state index in [4.69, 9.17) is 6.57 Å². The molecule has 5 rings (SSSR count). The highest BCUT2D eigenvalue weighted by atomic mass is 16.3. The molecule has 160 valence electrons. The summed E-state index contributed by atoms with van der Waals surface area (Å²) in [6.45, 7) is 7.45. The summed E-state index contributed by atoms with van der Waals surface area (Å²) in [5.74, 6) is -0.241. The zero-order valence-electron chi connectivity index (χ0n) is 17.5. The van der Waals surface area contributed by atoms with Crippen LogP contribution in [0.4, 0.5) is 0 Å². The van der Waals surface area contributed by atoms with Crippen LogP contribution in [0.2, 0.25) is 0 Å². The summed E-state index contributed by atoms with van der Waals surface area (Å²) in [6.07, 6.45) is 3.24. The molecule has 2 heterocycles. The van der Waals surface area contributed by atoms with Crippen LogP contribution in [-0.4, -0.2) is 26.0 Å². The van der Waals surface area contributed by atoms with Crippen molar-refractivity contribution in [2.75, 3.05) is 0 Å². The quantitative estimate of drug-likeness (QED) is 0.249. The second-order valence-corrected chi connectivity index (χ2v) is 7.61. The number of carbonyl (C=O) groups is 1. The standard InChI is InChI=1S/C27H14N4O3/c1-29-23(12-28)24-21-10-17(15-2-6-19(32)7-3-15)13-30-25(21)26-22(27(24)34)11-18(14-31-26)16-4-8-20(33)9-5-16/h2-11,13-14,32-33H/b24-23-. The average molecular weight is 442 g/mol. The van der Waals surface area contributed by atoms with Crippen molar-refractivity contribution in [3.63, 3.8) is 0 Å². The van der Waals surface area contributed by atoms with E-state index in [0.717, 1.165) is 11.1 Å². The Balaban J connectivity index is 1.74. The maximum Gasteiger partial charge on any atom is 0.273 e. The summed E-state index contributed by atoms with van der Waals surface area (Å²) in [5.41, 5.74) is 3.85. The minimum absolute atomic E-state index is 0.0159. The molecule has 0 amide bonds. The highest BCUT2D eigenvalue weighted by Crippen LogP contribution is 2.41. The van der Waals surface area contributed by atoms with Gasteiger partial charge < -0.3 is 10.2 Å². The molecule has 2 aromatic carbocycles. The SMILES string of the molecule is [C-]#[N+]/C(C#N)=C1\C(=O)c2cc(-c3ccc(O)cc3)cnc2-c2ncc(-c3ccc(O)cc3)cc21. The zero-order valence-corrected chi connectivity index (χ0v) is 17.5. The number of hydrogen-bond acceptors (Lipinski definition) is 6. The minimum Gasteiger partial charge on any atom is -0.508 e. The lowest BCUT2D eigenvalue weighted by molar-refractivity contribution is 0.105. The third-order valence-corrected chi connectivity index (χ3v) is 5.60. The summed E-state index contributed by atoms with van der Waals surface area (Å²) >= 11 is 0. The first kappa shape index (κ1) is 20.6. The van der Waals surface area contributed by atoms with E-state index >= 15 is 0 Å². The number of ketones is 1. The molecule has 1 aliphatic carbocycles. The summed E-state index contributed by atoms with van der Waals surface area (Å²) in [6, 6.07) is 18.2. The highest BCUT2D eigenvalue weighted by Gasteiger charge is 2.32. The highest BCUT2D eigenvalue weighted by molar-refractivity contribution is 6.35. The molecule has 2 N–H and O–H groups in total. The molecule has 0 fully saturated rings. The summed E-state index contributed by atoms with van der Waals surface area (Å²) in [5, 5.41) is 28.7. The number of aromatic hydroxyl groups is 2. The van der Waals surface area contributed by atoms with Crippen LogP contribution in [0.25, 0.3) is 44.1 Å². The Hall–Kier alpha value is -5.27. The maximum absolute atomic E-state index is 13.6. The topological polar surface area (TPSA) is 111 Å². The van der Waals surface area contributed by atoms with Crippen molar-refractivity contribution in [3.05, 3.63) is 101 Å². The van der Waals surface area contributed by atoms with Gasteiger partial charge in [0.25, 0.3) is 5.70 Å². The van der Waals surface area contributed by atoms with Crippen molar-refractivity contribution in [2.24, 2.45) is 0 Å². The fraction of sp³-hybridized carbons (Fsp3) is 0. The summed E-state index contributed by atoms with van der Waals surface area (Å²) in [7, 11) is 0. The second kappa shape index (κ2) is 8.01. The Kier molecular flexibility index (Phi) is 4.86. The van der Waals surface area contributed by atoms with Crippen LogP contribution in [0.1, 0.15) is 15.9 Å². The number of nitrogens with zero attached hydrogens (tertiary/aromatic N) is 4. The lowest BCUT2D eigenvalue weighted by Crippen LogP contribution is -2.15. The zero-order chi connectivity index (χ0) is 23.8. The van der Waals surface area contributed by atoms with Gasteiger partial charge in [-0.25, -0.2) is 10.1 Å². The molecule has 2 aromatic heterocycles. The number of phenolic OH excluding ortho intramolecular Hbond substituents is 2. The van der Waals surface area contributed by atoms with Gasteiger partial charge in [-0.3, -0.25) is 14.8 Å². The number of allylic oxidation sites excluding steroid dienone is 2. The monoisotopic (exact) mass is 442 g/mol. The van der Waals surface area contributed by atoms with Gasteiger partial charge in [0.15, 0.2) is 5.78 Å². The van der Waals surface area contributed by atoms with Crippen LogP contribution in [0.3, 0.4) is 0 Å². The lowest BCUT2D eigenvalue weighted by atomic mass is 9.84. The number of Topliss-reactive ketones (excluding diaryl/α,β-unsaturated/α-hetero) is 1. The van der Waals surface area contributed by atoms with Gasteiger partial charge in [-0.05, 0) is 47.5 Å². The van der Waals surface area contributed by atoms with Crippen LogP contribution >= 0.6 is 0 Å². The number of phenols is 2. The predicted molar refractivity (Wildman–Crippen MR) is 125 cm³/mol. The predicted octanol–water partition coefficient (Wildman–Crippen LogP) is 5.24. The normalized spacial score (nSPS) is 13.3. The van der Waals surface area contributed by atoms with Crippen molar-refractivity contribution >= 4 is 11.4 Å². The van der Waals surface area contributed by atoms with Crippen molar-refractivity contribution in [2.45, 2.75) is 0 Å². The fourth-order valence-electron chi connectivity index (χ4n) is 3.92. The molecule has 7 nitrogen and oxygen atoms in total. The third-order valence-electron chi connectivity index (χ3n) is 5.60. The number of nitriles is 1. The molecule has 4 aromatic rings. The summed E-state index contributed by atoms with van der Waals surface area (Å²) < 4.78 is 0. The Bertz CT molecular complexity index is 1570. The third kappa shape index (κ3) is 3.35. The number of benzene rings is 2. The van der Waals surface area contributed by atoms with Crippen molar-refractivity contribution in [1.82, 2.24) is 9.97 Å². The van der Waals surface area contributed by atoms with Gasteiger partial charge in [-0.1, -0.05) is 24.3 Å². The molecule has 0 unspecified atom stereocenters. The average Bonchev–Trinajstić information content (AvgIpc) is 2.87. The Labute approximate surface area is 194 Å². The van der Waals surface area contributed by atoms with Gasteiger partial charge in [-0.15, -0.1) is 0 Å². The number of rotatable bonds is 2. The van der Waals surface area contributed by atoms with E-state index in [-0.39, 0.29) is 28.3 Å². The van der Waals surface area contributed by atoms with E-state index in [2.05, 4.69) is 14.8 Å². The molecule has 34 heavy (non-hydrogen) atoms. The van der Waals surface area contributed by atoms with Crippen LogP contribution in [0, 0.1) is 17.9 Å². The maximum atomic E-state index is 13.6. The van der Waals surface area contributed by atoms with E-state index < -0.39 is 5.78 Å². The van der Waals surface area contributed by atoms with E-state index in [1.54, 1.807) is 48.8 Å². The fourth-order valence-corrected chi connectivity index (χ4v) is 3.92. The Morgan fingerprint density at radius 2 is 1.26 bits per heavy atom. The van der Waals surface area contributed by atoms with Crippen molar-refractivity contribution < 1.29 is 15.0 Å². The van der Waals surface area contributed by atoms with Crippen LogP contribution in [-0.2, 0) is 0 Å². The van der Waals surface area contributed by atoms with E-state index in [0.29, 0.717) is 28.1 Å². The van der Waals surface area contributed by atoms with Gasteiger partial charge in [0.05, 0.1) is 18.3 Å². The van der Waals surface area contributed by atoms with Crippen LogP contribution in [0.15, 0.2) is 78.8 Å². The van der Waals surface area contributed by atoms with Crippen molar-refractivity contribution in [3.8, 4) is 51.2 Å². The van der Waals surface area contributed by atoms with Crippen molar-refractivity contribution in [1.29, 1.82) is 5.26 Å².